The lowest BCUT2D eigenvalue weighted by atomic mass is 9.68. The number of carbonyl (C=O) groups is 2. The number of benzene rings is 2. The first-order valence-electron chi connectivity index (χ1n) is 12.7. The van der Waals surface area contributed by atoms with E-state index in [-0.39, 0.29) is 18.9 Å². The highest BCUT2D eigenvalue weighted by atomic mass is 19.1. The molecule has 39 heavy (non-hydrogen) atoms. The average molecular weight is 530 g/mol. The molecule has 4 heterocycles. The van der Waals surface area contributed by atoms with E-state index in [1.807, 2.05) is 35.2 Å². The van der Waals surface area contributed by atoms with Crippen molar-refractivity contribution in [2.45, 2.75) is 17.9 Å². The summed E-state index contributed by atoms with van der Waals surface area (Å²) in [6.45, 7) is 0.869. The van der Waals surface area contributed by atoms with E-state index >= 15 is 0 Å². The number of ether oxygens (including phenoxy) is 1. The molecule has 3 amide bonds. The molecule has 9 nitrogen and oxygen atoms in total. The van der Waals surface area contributed by atoms with E-state index in [0.717, 1.165) is 27.7 Å². The van der Waals surface area contributed by atoms with E-state index in [9.17, 15) is 19.1 Å². The highest BCUT2D eigenvalue weighted by Gasteiger charge is 2.55. The highest BCUT2D eigenvalue weighted by Crippen LogP contribution is 2.48. The number of carbonyl (C=O) groups excluding carboxylic acids is 2. The molecule has 2 aromatic heterocycles. The summed E-state index contributed by atoms with van der Waals surface area (Å²) in [6.07, 6.45) is 3.60. The van der Waals surface area contributed by atoms with Crippen molar-refractivity contribution in [2.24, 2.45) is 0 Å². The van der Waals surface area contributed by atoms with Gasteiger partial charge in [-0.25, -0.2) is 9.18 Å². The van der Waals surface area contributed by atoms with Crippen LogP contribution in [0.2, 0.25) is 0 Å². The fraction of sp³-hybridized carbons (Fsp3) is 0.276. The summed E-state index contributed by atoms with van der Waals surface area (Å²) in [5.41, 5.74) is 3.39. The first-order chi connectivity index (χ1) is 18.9. The number of urea groups is 1. The zero-order chi connectivity index (χ0) is 27.1. The third-order valence-electron chi connectivity index (χ3n) is 7.72. The zero-order valence-electron chi connectivity index (χ0n) is 21.4. The van der Waals surface area contributed by atoms with Crippen LogP contribution in [0.3, 0.4) is 0 Å². The fourth-order valence-corrected chi connectivity index (χ4v) is 5.85. The van der Waals surface area contributed by atoms with Crippen LogP contribution in [0, 0.1) is 5.82 Å². The van der Waals surface area contributed by atoms with Gasteiger partial charge in [-0.3, -0.25) is 9.78 Å². The molecule has 2 aromatic carbocycles. The number of aliphatic hydroxyl groups is 1. The Morgan fingerprint density at radius 2 is 1.87 bits per heavy atom. The standard InChI is InChI=1S/C29H28FN5O4/c1-39-21-6-7-22-23(13-21)33-27-24(14-36)35(28(38)32-20-4-2-19(30)3-5-20)17-29(26(22)27)15-34(16-29)25(37)12-18-8-10-31-11-9-18/h2-11,13,24,33,36H,12,14-17H2,1H3,(H,32,38)/t24-/m1/s1. The molecule has 1 fully saturated rings. The SMILES string of the molecule is COc1ccc2c3c([nH]c2c1)[C@@H](CO)N(C(=O)Nc1ccc(F)cc1)CC31CN(C(=O)Cc2ccncc2)C1. The number of rotatable bonds is 5. The predicted molar refractivity (Wildman–Crippen MR) is 143 cm³/mol. The molecule has 0 bridgehead atoms. The maximum Gasteiger partial charge on any atom is 0.322 e. The van der Waals surface area contributed by atoms with Crippen molar-refractivity contribution in [1.29, 1.82) is 0 Å². The van der Waals surface area contributed by atoms with Crippen LogP contribution in [-0.2, 0) is 16.6 Å². The molecule has 10 heteroatoms. The van der Waals surface area contributed by atoms with Crippen LogP contribution in [0.15, 0.2) is 67.0 Å². The Morgan fingerprint density at radius 3 is 2.56 bits per heavy atom. The van der Waals surface area contributed by atoms with Crippen molar-refractivity contribution in [1.82, 2.24) is 19.8 Å². The number of methoxy groups -OCH3 is 1. The Kier molecular flexibility index (Phi) is 6.19. The monoisotopic (exact) mass is 529 g/mol. The number of aromatic amines is 1. The third kappa shape index (κ3) is 4.36. The van der Waals surface area contributed by atoms with Crippen molar-refractivity contribution in [3.8, 4) is 5.75 Å². The van der Waals surface area contributed by atoms with Crippen molar-refractivity contribution >= 4 is 28.5 Å². The quantitative estimate of drug-likeness (QED) is 0.366. The van der Waals surface area contributed by atoms with Gasteiger partial charge < -0.3 is 29.9 Å². The number of fused-ring (bicyclic) bond motifs is 4. The summed E-state index contributed by atoms with van der Waals surface area (Å²) in [5, 5.41) is 14.3. The van der Waals surface area contributed by atoms with Gasteiger partial charge in [0.1, 0.15) is 11.6 Å². The maximum atomic E-state index is 13.5. The second-order valence-electron chi connectivity index (χ2n) is 10.2. The molecule has 0 aliphatic carbocycles. The summed E-state index contributed by atoms with van der Waals surface area (Å²) in [7, 11) is 1.60. The van der Waals surface area contributed by atoms with Crippen LogP contribution in [0.1, 0.15) is 22.9 Å². The summed E-state index contributed by atoms with van der Waals surface area (Å²) in [5.74, 6) is 0.285. The fourth-order valence-electron chi connectivity index (χ4n) is 5.85. The minimum absolute atomic E-state index is 0.00137. The second-order valence-corrected chi connectivity index (χ2v) is 10.2. The molecule has 3 N–H and O–H groups in total. The van der Waals surface area contributed by atoms with Gasteiger partial charge in [0.2, 0.25) is 5.91 Å². The number of anilines is 1. The molecule has 1 atom stereocenters. The van der Waals surface area contributed by atoms with Crippen molar-refractivity contribution < 1.29 is 23.8 Å². The Bertz CT molecular complexity index is 1530. The van der Waals surface area contributed by atoms with Crippen molar-refractivity contribution in [3.05, 3.63) is 89.6 Å². The Balaban J connectivity index is 1.35. The topological polar surface area (TPSA) is 111 Å². The van der Waals surface area contributed by atoms with Crippen molar-refractivity contribution in [3.63, 3.8) is 0 Å². The van der Waals surface area contributed by atoms with Gasteiger partial charge >= 0.3 is 6.03 Å². The van der Waals surface area contributed by atoms with Gasteiger partial charge in [0.05, 0.1) is 31.6 Å². The average Bonchev–Trinajstić information content (AvgIpc) is 3.31. The van der Waals surface area contributed by atoms with Crippen LogP contribution in [0.25, 0.3) is 10.9 Å². The van der Waals surface area contributed by atoms with Crippen LogP contribution in [0.4, 0.5) is 14.9 Å². The number of nitrogens with zero attached hydrogens (tertiary/aromatic N) is 3. The number of pyridine rings is 1. The lowest BCUT2D eigenvalue weighted by Crippen LogP contribution is -2.68. The minimum Gasteiger partial charge on any atom is -0.497 e. The number of aliphatic hydroxyl groups excluding tert-OH is 1. The number of halogens is 1. The Hall–Kier alpha value is -4.44. The molecule has 6 rings (SSSR count). The Morgan fingerprint density at radius 1 is 1.13 bits per heavy atom. The third-order valence-corrected chi connectivity index (χ3v) is 7.72. The number of hydrogen-bond donors (Lipinski definition) is 3. The van der Waals surface area contributed by atoms with Gasteiger partial charge in [-0.2, -0.15) is 0 Å². The summed E-state index contributed by atoms with van der Waals surface area (Å²) >= 11 is 0. The van der Waals surface area contributed by atoms with E-state index in [2.05, 4.69) is 15.3 Å². The number of amides is 3. The van der Waals surface area contributed by atoms with Gasteiger partial charge in [-0.05, 0) is 59.7 Å². The molecule has 0 saturated carbocycles. The number of hydrogen-bond acceptors (Lipinski definition) is 5. The molecule has 2 aliphatic heterocycles. The lowest BCUT2D eigenvalue weighted by Gasteiger charge is -2.56. The lowest BCUT2D eigenvalue weighted by molar-refractivity contribution is -0.139. The maximum absolute atomic E-state index is 13.5. The van der Waals surface area contributed by atoms with Crippen LogP contribution in [-0.4, -0.2) is 70.2 Å². The number of H-pyrrole nitrogens is 1. The normalized spacial score (nSPS) is 17.6. The molecule has 1 saturated heterocycles. The molecular weight excluding hydrogens is 501 g/mol. The largest absolute Gasteiger partial charge is 0.497 e. The minimum atomic E-state index is -0.633. The summed E-state index contributed by atoms with van der Waals surface area (Å²) in [4.78, 5) is 37.5. The van der Waals surface area contributed by atoms with Crippen LogP contribution in [0.5, 0.6) is 5.75 Å². The molecule has 0 unspecified atom stereocenters. The van der Waals surface area contributed by atoms with Gasteiger partial charge in [0, 0.05) is 60.4 Å². The first kappa shape index (κ1) is 24.9. The Labute approximate surface area is 224 Å². The second kappa shape index (κ2) is 9.70. The molecule has 0 radical (unpaired) electrons. The number of aromatic nitrogens is 2. The molecule has 2 aliphatic rings. The predicted octanol–water partition coefficient (Wildman–Crippen LogP) is 3.61. The smallest absolute Gasteiger partial charge is 0.322 e. The van der Waals surface area contributed by atoms with E-state index in [1.54, 1.807) is 24.4 Å². The van der Waals surface area contributed by atoms with Gasteiger partial charge in [0.15, 0.2) is 0 Å². The summed E-state index contributed by atoms with van der Waals surface area (Å²) < 4.78 is 18.8. The van der Waals surface area contributed by atoms with E-state index in [1.165, 1.54) is 24.3 Å². The van der Waals surface area contributed by atoms with Crippen LogP contribution >= 0.6 is 0 Å². The molecule has 4 aromatic rings. The number of likely N-dealkylation sites (tertiary alicyclic amines) is 1. The van der Waals surface area contributed by atoms with Gasteiger partial charge in [0.25, 0.3) is 0 Å². The van der Waals surface area contributed by atoms with E-state index < -0.39 is 23.3 Å². The van der Waals surface area contributed by atoms with Gasteiger partial charge in [-0.15, -0.1) is 0 Å². The van der Waals surface area contributed by atoms with Gasteiger partial charge in [-0.1, -0.05) is 0 Å². The summed E-state index contributed by atoms with van der Waals surface area (Å²) in [6, 6.07) is 13.9. The zero-order valence-corrected chi connectivity index (χ0v) is 21.4. The van der Waals surface area contributed by atoms with Crippen molar-refractivity contribution in [2.75, 3.05) is 38.7 Å². The first-order valence-corrected chi connectivity index (χ1v) is 12.7. The molecular formula is C29H28FN5O4. The number of nitrogens with one attached hydrogen (secondary N) is 2. The van der Waals surface area contributed by atoms with Crippen LogP contribution < -0.4 is 10.1 Å². The highest BCUT2D eigenvalue weighted by molar-refractivity contribution is 5.93. The van der Waals surface area contributed by atoms with E-state index in [0.29, 0.717) is 31.1 Å². The molecule has 1 spiro atoms. The van der Waals surface area contributed by atoms with E-state index in [4.69, 9.17) is 4.74 Å². The molecule has 200 valence electrons.